The summed E-state index contributed by atoms with van der Waals surface area (Å²) >= 11 is 6.26. The lowest BCUT2D eigenvalue weighted by molar-refractivity contribution is 0.112. The highest BCUT2D eigenvalue weighted by Gasteiger charge is 2.31. The molecule has 0 unspecified atom stereocenters. The highest BCUT2D eigenvalue weighted by atomic mass is 35.5. The Labute approximate surface area is 115 Å². The van der Waals surface area contributed by atoms with Gasteiger partial charge in [0.1, 0.15) is 10.9 Å². The maximum Gasteiger partial charge on any atom is 0.155 e. The average molecular weight is 277 g/mol. The van der Waals surface area contributed by atoms with Crippen LogP contribution in [0.15, 0.2) is 24.3 Å². The summed E-state index contributed by atoms with van der Waals surface area (Å²) < 4.78 is 6.78. The van der Waals surface area contributed by atoms with Crippen LogP contribution in [-0.2, 0) is 0 Å². The fourth-order valence-electron chi connectivity index (χ4n) is 2.11. The van der Waals surface area contributed by atoms with E-state index in [9.17, 15) is 4.79 Å². The number of halogens is 1. The number of rotatable bonds is 4. The van der Waals surface area contributed by atoms with E-state index in [1.54, 1.807) is 11.8 Å². The summed E-state index contributed by atoms with van der Waals surface area (Å²) in [4.78, 5) is 11.2. The van der Waals surface area contributed by atoms with Crippen molar-refractivity contribution < 1.29 is 9.53 Å². The third-order valence-corrected chi connectivity index (χ3v) is 3.64. The van der Waals surface area contributed by atoms with Gasteiger partial charge in [-0.1, -0.05) is 17.7 Å². The lowest BCUT2D eigenvalue weighted by Crippen LogP contribution is -1.97. The molecule has 1 aromatic carbocycles. The van der Waals surface area contributed by atoms with Gasteiger partial charge in [0.25, 0.3) is 0 Å². The van der Waals surface area contributed by atoms with E-state index in [0.29, 0.717) is 16.6 Å². The first-order chi connectivity index (χ1) is 9.24. The number of carbonyl (C=O) groups is 1. The summed E-state index contributed by atoms with van der Waals surface area (Å²) in [6.07, 6.45) is 2.94. The third kappa shape index (κ3) is 2.12. The summed E-state index contributed by atoms with van der Waals surface area (Å²) in [6, 6.07) is 7.43. The fourth-order valence-corrected chi connectivity index (χ4v) is 2.38. The predicted octanol–water partition coefficient (Wildman–Crippen LogP) is 3.22. The second-order valence-corrected chi connectivity index (χ2v) is 4.95. The molecule has 19 heavy (non-hydrogen) atoms. The number of hydrogen-bond acceptors (Lipinski definition) is 3. The Morgan fingerprint density at radius 3 is 2.89 bits per heavy atom. The molecule has 0 bridgehead atoms. The van der Waals surface area contributed by atoms with Gasteiger partial charge in [0, 0.05) is 12.0 Å². The van der Waals surface area contributed by atoms with Gasteiger partial charge in [-0.15, -0.1) is 0 Å². The van der Waals surface area contributed by atoms with E-state index in [-0.39, 0.29) is 0 Å². The van der Waals surface area contributed by atoms with Crippen LogP contribution < -0.4 is 4.74 Å². The molecule has 1 saturated carbocycles. The molecular weight excluding hydrogens is 264 g/mol. The molecule has 0 radical (unpaired) electrons. The van der Waals surface area contributed by atoms with Crippen molar-refractivity contribution in [2.45, 2.75) is 18.8 Å². The Kier molecular flexibility index (Phi) is 3.03. The van der Waals surface area contributed by atoms with Crippen molar-refractivity contribution in [3.8, 4) is 11.4 Å². The van der Waals surface area contributed by atoms with Gasteiger partial charge in [0.05, 0.1) is 24.1 Å². The van der Waals surface area contributed by atoms with Crippen LogP contribution in [0, 0.1) is 0 Å². The molecule has 0 spiro atoms. The normalized spacial score (nSPS) is 14.4. The van der Waals surface area contributed by atoms with Crippen LogP contribution in [0.2, 0.25) is 5.15 Å². The van der Waals surface area contributed by atoms with Crippen molar-refractivity contribution in [2.24, 2.45) is 0 Å². The largest absolute Gasteiger partial charge is 0.497 e. The number of aromatic nitrogens is 2. The number of methoxy groups -OCH3 is 1. The number of benzene rings is 1. The van der Waals surface area contributed by atoms with Crippen LogP contribution in [0.1, 0.15) is 34.8 Å². The first kappa shape index (κ1) is 12.2. The minimum absolute atomic E-state index is 0.366. The maximum atomic E-state index is 11.2. The summed E-state index contributed by atoms with van der Waals surface area (Å²) in [7, 11) is 1.61. The molecule has 4 nitrogen and oxygen atoms in total. The molecule has 0 aliphatic heterocycles. The first-order valence-electron chi connectivity index (χ1n) is 6.12. The molecule has 1 aromatic heterocycles. The SMILES string of the molecule is COc1cccc(-n2nc(C3CC3)c(C=O)c2Cl)c1. The second-order valence-electron chi connectivity index (χ2n) is 4.60. The van der Waals surface area contributed by atoms with E-state index in [1.807, 2.05) is 24.3 Å². The summed E-state index contributed by atoms with van der Waals surface area (Å²) in [5.74, 6) is 1.11. The smallest absolute Gasteiger partial charge is 0.155 e. The number of nitrogens with zero attached hydrogens (tertiary/aromatic N) is 2. The molecule has 0 saturated heterocycles. The van der Waals surface area contributed by atoms with Gasteiger partial charge in [0.15, 0.2) is 6.29 Å². The highest BCUT2D eigenvalue weighted by Crippen LogP contribution is 2.42. The maximum absolute atomic E-state index is 11.2. The lowest BCUT2D eigenvalue weighted by Gasteiger charge is -2.05. The first-order valence-corrected chi connectivity index (χ1v) is 6.50. The number of ether oxygens (including phenoxy) is 1. The van der Waals surface area contributed by atoms with E-state index in [2.05, 4.69) is 5.10 Å². The van der Waals surface area contributed by atoms with Gasteiger partial charge in [-0.2, -0.15) is 5.10 Å². The molecule has 5 heteroatoms. The molecule has 0 amide bonds. The molecule has 1 heterocycles. The molecule has 1 aliphatic carbocycles. The van der Waals surface area contributed by atoms with Crippen LogP contribution >= 0.6 is 11.6 Å². The third-order valence-electron chi connectivity index (χ3n) is 3.27. The van der Waals surface area contributed by atoms with Crippen LogP contribution in [0.4, 0.5) is 0 Å². The van der Waals surface area contributed by atoms with E-state index >= 15 is 0 Å². The van der Waals surface area contributed by atoms with Gasteiger partial charge in [0.2, 0.25) is 0 Å². The standard InChI is InChI=1S/C14H13ClN2O2/c1-19-11-4-2-3-10(7-11)17-14(15)12(8-18)13(16-17)9-5-6-9/h2-4,7-9H,5-6H2,1H3. The number of aldehydes is 1. The van der Waals surface area contributed by atoms with Crippen molar-refractivity contribution in [1.82, 2.24) is 9.78 Å². The minimum atomic E-state index is 0.366. The lowest BCUT2D eigenvalue weighted by atomic mass is 10.2. The zero-order valence-electron chi connectivity index (χ0n) is 10.5. The van der Waals surface area contributed by atoms with Crippen molar-refractivity contribution in [2.75, 3.05) is 7.11 Å². The highest BCUT2D eigenvalue weighted by molar-refractivity contribution is 6.32. The van der Waals surface area contributed by atoms with Crippen molar-refractivity contribution in [3.05, 3.63) is 40.7 Å². The van der Waals surface area contributed by atoms with Gasteiger partial charge in [-0.05, 0) is 25.0 Å². The molecule has 2 aromatic rings. The topological polar surface area (TPSA) is 44.1 Å². The molecule has 1 fully saturated rings. The van der Waals surface area contributed by atoms with E-state index in [4.69, 9.17) is 16.3 Å². The summed E-state index contributed by atoms with van der Waals surface area (Å²) in [5, 5.41) is 4.85. The Balaban J connectivity index is 2.11. The number of carbonyl (C=O) groups excluding carboxylic acids is 1. The molecular formula is C14H13ClN2O2. The van der Waals surface area contributed by atoms with Gasteiger partial charge < -0.3 is 4.74 Å². The quantitative estimate of drug-likeness (QED) is 0.806. The Morgan fingerprint density at radius 2 is 2.26 bits per heavy atom. The second kappa shape index (κ2) is 4.70. The Morgan fingerprint density at radius 1 is 1.47 bits per heavy atom. The monoisotopic (exact) mass is 276 g/mol. The van der Waals surface area contributed by atoms with Crippen molar-refractivity contribution >= 4 is 17.9 Å². The van der Waals surface area contributed by atoms with Gasteiger partial charge in [-0.25, -0.2) is 4.68 Å². The van der Waals surface area contributed by atoms with E-state index in [0.717, 1.165) is 36.3 Å². The minimum Gasteiger partial charge on any atom is -0.497 e. The van der Waals surface area contributed by atoms with E-state index in [1.165, 1.54) is 0 Å². The Hall–Kier alpha value is -1.81. The van der Waals surface area contributed by atoms with Crippen molar-refractivity contribution in [1.29, 1.82) is 0 Å². The summed E-state index contributed by atoms with van der Waals surface area (Å²) in [5.41, 5.74) is 2.11. The molecule has 98 valence electrons. The average Bonchev–Trinajstić information content (AvgIpc) is 3.23. The van der Waals surface area contributed by atoms with Crippen LogP contribution in [0.25, 0.3) is 5.69 Å². The zero-order chi connectivity index (χ0) is 13.4. The van der Waals surface area contributed by atoms with Gasteiger partial charge >= 0.3 is 0 Å². The molecule has 0 N–H and O–H groups in total. The summed E-state index contributed by atoms with van der Waals surface area (Å²) in [6.45, 7) is 0. The van der Waals surface area contributed by atoms with E-state index < -0.39 is 0 Å². The van der Waals surface area contributed by atoms with Crippen molar-refractivity contribution in [3.63, 3.8) is 0 Å². The number of hydrogen-bond donors (Lipinski definition) is 0. The molecule has 0 atom stereocenters. The Bertz CT molecular complexity index is 632. The van der Waals surface area contributed by atoms with Crippen LogP contribution in [0.5, 0.6) is 5.75 Å². The predicted molar refractivity (Wildman–Crippen MR) is 72.5 cm³/mol. The van der Waals surface area contributed by atoms with Crippen LogP contribution in [0.3, 0.4) is 0 Å². The zero-order valence-corrected chi connectivity index (χ0v) is 11.2. The van der Waals surface area contributed by atoms with Crippen LogP contribution in [-0.4, -0.2) is 23.2 Å². The molecule has 1 aliphatic rings. The fraction of sp³-hybridized carbons (Fsp3) is 0.286. The molecule has 3 rings (SSSR count). The van der Waals surface area contributed by atoms with Gasteiger partial charge in [-0.3, -0.25) is 4.79 Å².